The zero-order chi connectivity index (χ0) is 16.3. The molecule has 0 fully saturated rings. The lowest BCUT2D eigenvalue weighted by Crippen LogP contribution is -2.21. The van der Waals surface area contributed by atoms with Gasteiger partial charge in [-0.25, -0.2) is 4.99 Å². The Kier molecular flexibility index (Phi) is 6.42. The highest BCUT2D eigenvalue weighted by Gasteiger charge is 1.93. The van der Waals surface area contributed by atoms with E-state index in [0.29, 0.717) is 5.96 Å². The van der Waals surface area contributed by atoms with Gasteiger partial charge in [-0.3, -0.25) is 0 Å². The number of nitrogens with two attached hydrogens (primary N) is 1. The van der Waals surface area contributed by atoms with E-state index in [1.54, 1.807) is 0 Å². The molecule has 23 heavy (non-hydrogen) atoms. The van der Waals surface area contributed by atoms with E-state index < -0.39 is 0 Å². The summed E-state index contributed by atoms with van der Waals surface area (Å²) in [4.78, 5) is 4.24. The number of aryl methyl sites for hydroxylation is 1. The lowest BCUT2D eigenvalue weighted by Gasteiger charge is -2.04. The molecule has 0 unspecified atom stereocenters. The van der Waals surface area contributed by atoms with Gasteiger partial charge in [0.2, 0.25) is 0 Å². The van der Waals surface area contributed by atoms with Crippen LogP contribution in [0.3, 0.4) is 0 Å². The first-order valence-corrected chi connectivity index (χ1v) is 7.47. The Morgan fingerprint density at radius 1 is 0.739 bits per heavy atom. The average molecular weight is 303 g/mol. The normalized spacial score (nSPS) is 10.4. The molecule has 0 heterocycles. The molecular weight excluding hydrogens is 282 g/mol. The summed E-state index contributed by atoms with van der Waals surface area (Å²) in [6.07, 6.45) is 0. The average Bonchev–Trinajstić information content (AvgIpc) is 2.58. The van der Waals surface area contributed by atoms with Crippen molar-refractivity contribution >= 4 is 17.3 Å². The second kappa shape index (κ2) is 9.05. The maximum atomic E-state index is 5.78. The summed E-state index contributed by atoms with van der Waals surface area (Å²) in [5.74, 6) is 0.386. The summed E-state index contributed by atoms with van der Waals surface area (Å²) in [5.41, 5.74) is 8.87. The van der Waals surface area contributed by atoms with Gasteiger partial charge >= 0.3 is 0 Å². The summed E-state index contributed by atoms with van der Waals surface area (Å²) in [5, 5.41) is 3.02. The molecule has 0 atom stereocenters. The van der Waals surface area contributed by atoms with E-state index in [4.69, 9.17) is 5.73 Å². The number of aliphatic imine (C=N–C) groups is 1. The summed E-state index contributed by atoms with van der Waals surface area (Å²) in [6, 6.07) is 29.6. The van der Waals surface area contributed by atoms with Crippen LogP contribution >= 0.6 is 0 Å². The minimum atomic E-state index is 0.386. The highest BCUT2D eigenvalue weighted by atomic mass is 15.1. The number of anilines is 1. The lowest BCUT2D eigenvalue weighted by atomic mass is 10.2. The van der Waals surface area contributed by atoms with Gasteiger partial charge in [-0.15, -0.1) is 0 Å². The van der Waals surface area contributed by atoms with Crippen LogP contribution in [-0.4, -0.2) is 5.96 Å². The number of nitrogens with one attached hydrogen (secondary N) is 1. The topological polar surface area (TPSA) is 50.4 Å². The number of benzene rings is 3. The van der Waals surface area contributed by atoms with Crippen molar-refractivity contribution in [1.29, 1.82) is 0 Å². The molecule has 3 rings (SSSR count). The number of rotatable bonds is 2. The van der Waals surface area contributed by atoms with Crippen LogP contribution < -0.4 is 11.1 Å². The van der Waals surface area contributed by atoms with Crippen molar-refractivity contribution < 1.29 is 0 Å². The predicted molar refractivity (Wildman–Crippen MR) is 99.0 cm³/mol. The first kappa shape index (κ1) is 16.3. The fourth-order valence-electron chi connectivity index (χ4n) is 1.87. The van der Waals surface area contributed by atoms with Crippen molar-refractivity contribution in [2.24, 2.45) is 10.7 Å². The van der Waals surface area contributed by atoms with Crippen molar-refractivity contribution in [2.75, 3.05) is 5.32 Å². The summed E-state index contributed by atoms with van der Waals surface area (Å²) < 4.78 is 0. The first-order chi connectivity index (χ1) is 11.2. The van der Waals surface area contributed by atoms with E-state index in [1.165, 1.54) is 5.56 Å². The maximum Gasteiger partial charge on any atom is 0.198 e. The third-order valence-electron chi connectivity index (χ3n) is 2.99. The SMILES string of the molecule is Cc1ccccc1.NC(=Nc1ccccc1)Nc1ccccc1. The van der Waals surface area contributed by atoms with Gasteiger partial charge in [-0.1, -0.05) is 72.3 Å². The molecule has 116 valence electrons. The van der Waals surface area contributed by atoms with Gasteiger partial charge in [0, 0.05) is 5.69 Å². The van der Waals surface area contributed by atoms with Crippen LogP contribution in [0, 0.1) is 6.92 Å². The van der Waals surface area contributed by atoms with Gasteiger partial charge in [0.1, 0.15) is 0 Å². The molecule has 0 saturated heterocycles. The van der Waals surface area contributed by atoms with Crippen LogP contribution in [0.2, 0.25) is 0 Å². The molecule has 0 amide bonds. The zero-order valence-electron chi connectivity index (χ0n) is 13.2. The van der Waals surface area contributed by atoms with E-state index >= 15 is 0 Å². The Bertz CT molecular complexity index is 708. The minimum Gasteiger partial charge on any atom is -0.369 e. The van der Waals surface area contributed by atoms with E-state index in [-0.39, 0.29) is 0 Å². The number of para-hydroxylation sites is 2. The molecule has 3 aromatic carbocycles. The van der Waals surface area contributed by atoms with Crippen LogP contribution in [0.15, 0.2) is 96.0 Å². The fourth-order valence-corrected chi connectivity index (χ4v) is 1.87. The van der Waals surface area contributed by atoms with Crippen LogP contribution in [0.1, 0.15) is 5.56 Å². The largest absolute Gasteiger partial charge is 0.369 e. The van der Waals surface area contributed by atoms with Crippen LogP contribution in [0.25, 0.3) is 0 Å². The number of hydrogen-bond acceptors (Lipinski definition) is 1. The highest BCUT2D eigenvalue weighted by molar-refractivity contribution is 5.93. The highest BCUT2D eigenvalue weighted by Crippen LogP contribution is 2.10. The monoisotopic (exact) mass is 303 g/mol. The molecular formula is C20H21N3. The fraction of sp³-hybridized carbons (Fsp3) is 0.0500. The summed E-state index contributed by atoms with van der Waals surface area (Å²) in [6.45, 7) is 2.08. The molecule has 3 nitrogen and oxygen atoms in total. The third kappa shape index (κ3) is 6.48. The van der Waals surface area contributed by atoms with Gasteiger partial charge in [0.15, 0.2) is 5.96 Å². The van der Waals surface area contributed by atoms with Gasteiger partial charge in [0.25, 0.3) is 0 Å². The van der Waals surface area contributed by atoms with Gasteiger partial charge in [-0.05, 0) is 31.2 Å². The zero-order valence-corrected chi connectivity index (χ0v) is 13.2. The molecule has 3 aromatic rings. The van der Waals surface area contributed by atoms with E-state index in [1.807, 2.05) is 78.9 Å². The quantitative estimate of drug-likeness (QED) is 0.530. The molecule has 3 heteroatoms. The van der Waals surface area contributed by atoms with Gasteiger partial charge < -0.3 is 11.1 Å². The molecule has 0 spiro atoms. The Balaban J connectivity index is 0.000000229. The van der Waals surface area contributed by atoms with Gasteiger partial charge in [-0.2, -0.15) is 0 Å². The first-order valence-electron chi connectivity index (χ1n) is 7.47. The van der Waals surface area contributed by atoms with Crippen molar-refractivity contribution in [3.8, 4) is 0 Å². The molecule has 0 aliphatic carbocycles. The smallest absolute Gasteiger partial charge is 0.198 e. The molecule has 0 bridgehead atoms. The lowest BCUT2D eigenvalue weighted by molar-refractivity contribution is 1.44. The summed E-state index contributed by atoms with van der Waals surface area (Å²) in [7, 11) is 0. The Labute approximate surface area is 137 Å². The standard InChI is InChI=1S/C13H13N3.C7H8/c14-13(15-11-7-3-1-4-8-11)16-12-9-5-2-6-10-12;1-7-5-3-2-4-6-7/h1-10H,(H3,14,15,16);2-6H,1H3. The minimum absolute atomic E-state index is 0.386. The molecule has 3 N–H and O–H groups in total. The predicted octanol–water partition coefficient (Wildman–Crippen LogP) is 4.74. The Morgan fingerprint density at radius 2 is 1.22 bits per heavy atom. The van der Waals surface area contributed by atoms with E-state index in [2.05, 4.69) is 29.4 Å². The number of guanidine groups is 1. The molecule has 0 radical (unpaired) electrons. The van der Waals surface area contributed by atoms with E-state index in [0.717, 1.165) is 11.4 Å². The van der Waals surface area contributed by atoms with Crippen molar-refractivity contribution in [3.05, 3.63) is 96.6 Å². The Morgan fingerprint density at radius 3 is 1.70 bits per heavy atom. The Hall–Kier alpha value is -3.07. The summed E-state index contributed by atoms with van der Waals surface area (Å²) >= 11 is 0. The maximum absolute atomic E-state index is 5.78. The van der Waals surface area contributed by atoms with Crippen molar-refractivity contribution in [1.82, 2.24) is 0 Å². The van der Waals surface area contributed by atoms with Crippen molar-refractivity contribution in [3.63, 3.8) is 0 Å². The van der Waals surface area contributed by atoms with Crippen LogP contribution in [0.5, 0.6) is 0 Å². The second-order valence-corrected chi connectivity index (χ2v) is 4.98. The molecule has 0 aromatic heterocycles. The van der Waals surface area contributed by atoms with Crippen molar-refractivity contribution in [2.45, 2.75) is 6.92 Å². The van der Waals surface area contributed by atoms with Gasteiger partial charge in [0.05, 0.1) is 5.69 Å². The van der Waals surface area contributed by atoms with E-state index in [9.17, 15) is 0 Å². The second-order valence-electron chi connectivity index (χ2n) is 4.98. The van der Waals surface area contributed by atoms with Crippen LogP contribution in [-0.2, 0) is 0 Å². The molecule has 0 saturated carbocycles. The number of hydrogen-bond donors (Lipinski definition) is 2. The molecule has 0 aliphatic rings. The third-order valence-corrected chi connectivity index (χ3v) is 2.99. The van der Waals surface area contributed by atoms with Crippen LogP contribution in [0.4, 0.5) is 11.4 Å². The molecule has 0 aliphatic heterocycles. The number of nitrogens with zero attached hydrogens (tertiary/aromatic N) is 1.